The number of methoxy groups -OCH3 is 1. The number of hydrogen-bond donors (Lipinski definition) is 0. The molecule has 2 rings (SSSR count). The monoisotopic (exact) mass is 363 g/mol. The summed E-state index contributed by atoms with van der Waals surface area (Å²) in [4.78, 5) is 4.35. The van der Waals surface area contributed by atoms with Gasteiger partial charge in [0.2, 0.25) is 0 Å². The molecule has 2 aromatic rings. The van der Waals surface area contributed by atoms with Crippen molar-refractivity contribution in [3.05, 3.63) is 32.4 Å². The SMILES string of the molecule is COc1cccc2c(Br)c(I)cnc12. The average molecular weight is 364 g/mol. The van der Waals surface area contributed by atoms with E-state index in [4.69, 9.17) is 4.74 Å². The number of rotatable bonds is 1. The summed E-state index contributed by atoms with van der Waals surface area (Å²) in [5.41, 5.74) is 0.891. The van der Waals surface area contributed by atoms with Gasteiger partial charge in [0.1, 0.15) is 11.3 Å². The lowest BCUT2D eigenvalue weighted by Crippen LogP contribution is -1.89. The van der Waals surface area contributed by atoms with Crippen LogP contribution in [0.5, 0.6) is 5.75 Å². The molecule has 0 fully saturated rings. The second-order valence-corrected chi connectivity index (χ2v) is 4.73. The molecule has 1 heterocycles. The zero-order valence-corrected chi connectivity index (χ0v) is 11.2. The van der Waals surface area contributed by atoms with Gasteiger partial charge in [-0.1, -0.05) is 12.1 Å². The first-order valence-electron chi connectivity index (χ1n) is 4.00. The lowest BCUT2D eigenvalue weighted by Gasteiger charge is -2.06. The Morgan fingerprint density at radius 3 is 2.93 bits per heavy atom. The number of benzene rings is 1. The quantitative estimate of drug-likeness (QED) is 0.722. The van der Waals surface area contributed by atoms with Crippen LogP contribution in [0, 0.1) is 3.57 Å². The van der Waals surface area contributed by atoms with Crippen LogP contribution in [0.15, 0.2) is 28.9 Å². The van der Waals surface area contributed by atoms with Crippen molar-refractivity contribution in [3.8, 4) is 5.75 Å². The molecule has 72 valence electrons. The molecule has 1 aromatic carbocycles. The third-order valence-electron chi connectivity index (χ3n) is 1.97. The minimum Gasteiger partial charge on any atom is -0.494 e. The van der Waals surface area contributed by atoms with Gasteiger partial charge in [0.25, 0.3) is 0 Å². The molecular weight excluding hydrogens is 357 g/mol. The highest BCUT2D eigenvalue weighted by molar-refractivity contribution is 14.1. The molecule has 0 aliphatic heterocycles. The van der Waals surface area contributed by atoms with Crippen LogP contribution in [0.1, 0.15) is 0 Å². The number of nitrogens with zero attached hydrogens (tertiary/aromatic N) is 1. The van der Waals surface area contributed by atoms with Crippen LogP contribution in [0.3, 0.4) is 0 Å². The molecule has 0 bridgehead atoms. The van der Waals surface area contributed by atoms with Gasteiger partial charge in [-0.25, -0.2) is 0 Å². The number of halogens is 2. The highest BCUT2D eigenvalue weighted by Crippen LogP contribution is 2.31. The topological polar surface area (TPSA) is 22.1 Å². The molecule has 0 N–H and O–H groups in total. The van der Waals surface area contributed by atoms with Crippen molar-refractivity contribution in [1.29, 1.82) is 0 Å². The zero-order valence-electron chi connectivity index (χ0n) is 7.42. The maximum absolute atomic E-state index is 5.24. The van der Waals surface area contributed by atoms with Crippen molar-refractivity contribution in [2.45, 2.75) is 0 Å². The largest absolute Gasteiger partial charge is 0.494 e. The lowest BCUT2D eigenvalue weighted by atomic mass is 10.2. The normalized spacial score (nSPS) is 10.5. The van der Waals surface area contributed by atoms with Gasteiger partial charge in [0.05, 0.1) is 7.11 Å². The summed E-state index contributed by atoms with van der Waals surface area (Å²) in [5, 5.41) is 1.08. The summed E-state index contributed by atoms with van der Waals surface area (Å²) < 4.78 is 7.41. The lowest BCUT2D eigenvalue weighted by molar-refractivity contribution is 0.419. The molecular formula is C10H7BrINO. The molecule has 0 spiro atoms. The van der Waals surface area contributed by atoms with Gasteiger partial charge in [-0.05, 0) is 44.6 Å². The van der Waals surface area contributed by atoms with E-state index in [2.05, 4.69) is 43.5 Å². The number of aromatic nitrogens is 1. The van der Waals surface area contributed by atoms with E-state index in [1.807, 2.05) is 24.4 Å². The van der Waals surface area contributed by atoms with Gasteiger partial charge >= 0.3 is 0 Å². The van der Waals surface area contributed by atoms with Gasteiger partial charge in [-0.2, -0.15) is 0 Å². The van der Waals surface area contributed by atoms with Crippen molar-refractivity contribution in [3.63, 3.8) is 0 Å². The molecule has 4 heteroatoms. The Bertz CT molecular complexity index is 487. The second kappa shape index (κ2) is 4.02. The Kier molecular flexibility index (Phi) is 2.92. The molecule has 0 saturated heterocycles. The molecule has 1 aromatic heterocycles. The van der Waals surface area contributed by atoms with Crippen LogP contribution in [0.4, 0.5) is 0 Å². The molecule has 0 radical (unpaired) electrons. The predicted molar refractivity (Wildman–Crippen MR) is 68.7 cm³/mol. The van der Waals surface area contributed by atoms with Crippen LogP contribution in [0.25, 0.3) is 10.9 Å². The average Bonchev–Trinajstić information content (AvgIpc) is 2.23. The van der Waals surface area contributed by atoms with Gasteiger partial charge in [-0.3, -0.25) is 4.98 Å². The Morgan fingerprint density at radius 1 is 1.43 bits per heavy atom. The van der Waals surface area contributed by atoms with Gasteiger partial charge < -0.3 is 4.74 Å². The van der Waals surface area contributed by atoms with E-state index < -0.39 is 0 Å². The molecule has 0 atom stereocenters. The second-order valence-electron chi connectivity index (χ2n) is 2.78. The standard InChI is InChI=1S/C10H7BrINO/c1-14-8-4-2-3-6-9(11)7(12)5-13-10(6)8/h2-5H,1H3. The molecule has 0 amide bonds. The van der Waals surface area contributed by atoms with E-state index in [0.717, 1.165) is 24.7 Å². The van der Waals surface area contributed by atoms with E-state index >= 15 is 0 Å². The van der Waals surface area contributed by atoms with Crippen LogP contribution in [-0.2, 0) is 0 Å². The minimum absolute atomic E-state index is 0.805. The summed E-state index contributed by atoms with van der Waals surface area (Å²) in [6.07, 6.45) is 1.83. The van der Waals surface area contributed by atoms with Crippen molar-refractivity contribution >= 4 is 49.4 Å². The number of para-hydroxylation sites is 1. The Hall–Kier alpha value is -0.360. The molecule has 0 aliphatic rings. The highest BCUT2D eigenvalue weighted by Gasteiger charge is 2.07. The van der Waals surface area contributed by atoms with Crippen LogP contribution in [0.2, 0.25) is 0 Å². The van der Waals surface area contributed by atoms with Crippen molar-refractivity contribution in [2.24, 2.45) is 0 Å². The van der Waals surface area contributed by atoms with Crippen molar-refractivity contribution in [2.75, 3.05) is 7.11 Å². The fourth-order valence-electron chi connectivity index (χ4n) is 1.30. The van der Waals surface area contributed by atoms with Crippen molar-refractivity contribution < 1.29 is 4.74 Å². The molecule has 14 heavy (non-hydrogen) atoms. The maximum Gasteiger partial charge on any atom is 0.145 e. The van der Waals surface area contributed by atoms with Gasteiger partial charge in [-0.15, -0.1) is 0 Å². The summed E-state index contributed by atoms with van der Waals surface area (Å²) in [7, 11) is 1.66. The van der Waals surface area contributed by atoms with E-state index in [1.165, 1.54) is 0 Å². The first-order chi connectivity index (χ1) is 6.74. The maximum atomic E-state index is 5.24. The number of pyridine rings is 1. The first kappa shape index (κ1) is 10.2. The zero-order chi connectivity index (χ0) is 10.1. The van der Waals surface area contributed by atoms with Crippen LogP contribution >= 0.6 is 38.5 Å². The predicted octanol–water partition coefficient (Wildman–Crippen LogP) is 3.61. The smallest absolute Gasteiger partial charge is 0.145 e. The van der Waals surface area contributed by atoms with Crippen LogP contribution in [-0.4, -0.2) is 12.1 Å². The number of hydrogen-bond acceptors (Lipinski definition) is 2. The first-order valence-corrected chi connectivity index (χ1v) is 5.88. The summed E-state index contributed by atoms with van der Waals surface area (Å²) >= 11 is 5.79. The van der Waals surface area contributed by atoms with E-state index in [-0.39, 0.29) is 0 Å². The van der Waals surface area contributed by atoms with E-state index in [0.29, 0.717) is 0 Å². The fourth-order valence-corrected chi connectivity index (χ4v) is 2.16. The fraction of sp³-hybridized carbons (Fsp3) is 0.100. The molecule has 0 saturated carbocycles. The summed E-state index contributed by atoms with van der Waals surface area (Å²) in [6.45, 7) is 0. The third kappa shape index (κ3) is 1.61. The van der Waals surface area contributed by atoms with E-state index in [9.17, 15) is 0 Å². The van der Waals surface area contributed by atoms with Crippen LogP contribution < -0.4 is 4.74 Å². The Balaban J connectivity index is 2.86. The van der Waals surface area contributed by atoms with Gasteiger partial charge in [0.15, 0.2) is 0 Å². The molecule has 0 unspecified atom stereocenters. The highest BCUT2D eigenvalue weighted by atomic mass is 127. The Labute approximate surface area is 104 Å². The summed E-state index contributed by atoms with van der Waals surface area (Å²) in [5.74, 6) is 0.805. The van der Waals surface area contributed by atoms with E-state index in [1.54, 1.807) is 7.11 Å². The summed E-state index contributed by atoms with van der Waals surface area (Å²) in [6, 6.07) is 5.90. The number of ether oxygens (including phenoxy) is 1. The molecule has 0 aliphatic carbocycles. The van der Waals surface area contributed by atoms with Gasteiger partial charge in [0, 0.05) is 19.6 Å². The number of fused-ring (bicyclic) bond motifs is 1. The van der Waals surface area contributed by atoms with Crippen molar-refractivity contribution in [1.82, 2.24) is 4.98 Å². The minimum atomic E-state index is 0.805. The Morgan fingerprint density at radius 2 is 2.21 bits per heavy atom. The molecule has 2 nitrogen and oxygen atoms in total. The third-order valence-corrected chi connectivity index (χ3v) is 4.39.